The van der Waals surface area contributed by atoms with Crippen LogP contribution in [0.2, 0.25) is 0 Å². The zero-order chi connectivity index (χ0) is 15.1. The largest absolute Gasteiger partial charge is 0.493 e. The van der Waals surface area contributed by atoms with Crippen LogP contribution in [0.5, 0.6) is 11.5 Å². The molecule has 0 aliphatic heterocycles. The van der Waals surface area contributed by atoms with Crippen molar-refractivity contribution in [1.29, 1.82) is 0 Å². The average Bonchev–Trinajstić information content (AvgIpc) is 3.00. The summed E-state index contributed by atoms with van der Waals surface area (Å²) in [7, 11) is 1.58. The fourth-order valence-electron chi connectivity index (χ4n) is 2.38. The summed E-state index contributed by atoms with van der Waals surface area (Å²) >= 11 is 1.64. The van der Waals surface area contributed by atoms with Crippen LogP contribution in [0.4, 0.5) is 0 Å². The maximum atomic E-state index is 11.9. The van der Waals surface area contributed by atoms with Crippen LogP contribution in [0.3, 0.4) is 0 Å². The van der Waals surface area contributed by atoms with Crippen molar-refractivity contribution in [2.45, 2.75) is 31.8 Å². The van der Waals surface area contributed by atoms with Gasteiger partial charge < -0.3 is 14.2 Å². The lowest BCUT2D eigenvalue weighted by atomic mass is 10.2. The lowest BCUT2D eigenvalue weighted by molar-refractivity contribution is 0.0530. The number of carbonyl (C=O) groups excluding carboxylic acids is 1. The number of benzene rings is 1. The third-order valence-corrected chi connectivity index (χ3v) is 4.09. The van der Waals surface area contributed by atoms with Crippen molar-refractivity contribution in [3.8, 4) is 11.5 Å². The Bertz CT molecular complexity index is 469. The van der Waals surface area contributed by atoms with Gasteiger partial charge in [-0.2, -0.15) is 11.8 Å². The molecule has 1 fully saturated rings. The number of thioether (sulfide) groups is 1. The molecule has 1 saturated carbocycles. The van der Waals surface area contributed by atoms with E-state index in [1.807, 2.05) is 6.26 Å². The summed E-state index contributed by atoms with van der Waals surface area (Å²) in [6.45, 7) is 0.419. The predicted octanol–water partition coefficient (Wildman–Crippen LogP) is 3.54. The Morgan fingerprint density at radius 3 is 2.71 bits per heavy atom. The number of rotatable bonds is 7. The second kappa shape index (κ2) is 8.17. The molecule has 2 rings (SSSR count). The third kappa shape index (κ3) is 4.56. The van der Waals surface area contributed by atoms with E-state index in [0.29, 0.717) is 23.7 Å². The van der Waals surface area contributed by atoms with Crippen molar-refractivity contribution in [3.05, 3.63) is 23.8 Å². The van der Waals surface area contributed by atoms with Crippen LogP contribution >= 0.6 is 11.8 Å². The van der Waals surface area contributed by atoms with E-state index in [-0.39, 0.29) is 12.1 Å². The standard InChI is InChI=1S/C16H22O4S/c1-18-15-11-12(16(17)19-9-10-21-2)7-8-14(15)20-13-5-3-4-6-13/h7-8,11,13H,3-6,9-10H2,1-2H3. The second-order valence-corrected chi connectivity index (χ2v) is 6.00. The smallest absolute Gasteiger partial charge is 0.338 e. The van der Waals surface area contributed by atoms with Gasteiger partial charge >= 0.3 is 5.97 Å². The topological polar surface area (TPSA) is 44.8 Å². The molecule has 5 heteroatoms. The van der Waals surface area contributed by atoms with Gasteiger partial charge in [0.15, 0.2) is 11.5 Å². The highest BCUT2D eigenvalue weighted by Gasteiger charge is 2.19. The first-order chi connectivity index (χ1) is 10.2. The molecule has 1 aromatic carbocycles. The van der Waals surface area contributed by atoms with E-state index in [2.05, 4.69) is 0 Å². The number of carbonyl (C=O) groups is 1. The molecule has 0 amide bonds. The summed E-state index contributed by atoms with van der Waals surface area (Å²) in [5.41, 5.74) is 0.492. The Morgan fingerprint density at radius 1 is 1.29 bits per heavy atom. The minimum absolute atomic E-state index is 0.262. The molecule has 1 aromatic rings. The van der Waals surface area contributed by atoms with Gasteiger partial charge in [0.25, 0.3) is 0 Å². The van der Waals surface area contributed by atoms with Gasteiger partial charge in [-0.15, -0.1) is 0 Å². The van der Waals surface area contributed by atoms with Gasteiger partial charge in [-0.25, -0.2) is 4.79 Å². The fraction of sp³-hybridized carbons (Fsp3) is 0.562. The molecule has 0 unspecified atom stereocenters. The maximum absolute atomic E-state index is 11.9. The van der Waals surface area contributed by atoms with Crippen molar-refractivity contribution in [3.63, 3.8) is 0 Å². The molecule has 1 aliphatic rings. The molecular formula is C16H22O4S. The van der Waals surface area contributed by atoms with Crippen LogP contribution in [0, 0.1) is 0 Å². The van der Waals surface area contributed by atoms with E-state index in [4.69, 9.17) is 14.2 Å². The quantitative estimate of drug-likeness (QED) is 0.569. The van der Waals surface area contributed by atoms with Crippen molar-refractivity contribution in [1.82, 2.24) is 0 Å². The molecule has 0 N–H and O–H groups in total. The Kier molecular flexibility index (Phi) is 6.23. The molecule has 0 radical (unpaired) electrons. The predicted molar refractivity (Wildman–Crippen MR) is 84.5 cm³/mol. The number of esters is 1. The lowest BCUT2D eigenvalue weighted by Crippen LogP contribution is -2.12. The van der Waals surface area contributed by atoms with Gasteiger partial charge in [-0.3, -0.25) is 0 Å². The Balaban J connectivity index is 2.02. The summed E-state index contributed by atoms with van der Waals surface area (Å²) in [5, 5.41) is 0. The highest BCUT2D eigenvalue weighted by Crippen LogP contribution is 2.32. The second-order valence-electron chi connectivity index (χ2n) is 5.02. The van der Waals surface area contributed by atoms with E-state index in [9.17, 15) is 4.79 Å². The Labute approximate surface area is 130 Å². The van der Waals surface area contributed by atoms with Gasteiger partial charge in [-0.05, 0) is 50.1 Å². The van der Waals surface area contributed by atoms with Crippen LogP contribution in [0.1, 0.15) is 36.0 Å². The van der Waals surface area contributed by atoms with E-state index >= 15 is 0 Å². The first kappa shape index (κ1) is 16.0. The molecule has 0 spiro atoms. The summed E-state index contributed by atoms with van der Waals surface area (Å²) in [5.74, 6) is 1.76. The molecule has 0 atom stereocenters. The summed E-state index contributed by atoms with van der Waals surface area (Å²) in [6.07, 6.45) is 6.84. The first-order valence-corrected chi connectivity index (χ1v) is 8.64. The Morgan fingerprint density at radius 2 is 2.05 bits per heavy atom. The van der Waals surface area contributed by atoms with Crippen molar-refractivity contribution in [2.24, 2.45) is 0 Å². The molecule has 0 bridgehead atoms. The minimum atomic E-state index is -0.324. The van der Waals surface area contributed by atoms with Crippen LogP contribution in [0.25, 0.3) is 0 Å². The van der Waals surface area contributed by atoms with Crippen molar-refractivity contribution in [2.75, 3.05) is 25.7 Å². The fourth-order valence-corrected chi connectivity index (χ4v) is 2.63. The van der Waals surface area contributed by atoms with Crippen LogP contribution in [0.15, 0.2) is 18.2 Å². The molecule has 21 heavy (non-hydrogen) atoms. The summed E-state index contributed by atoms with van der Waals surface area (Å²) < 4.78 is 16.5. The number of methoxy groups -OCH3 is 1. The van der Waals surface area contributed by atoms with E-state index < -0.39 is 0 Å². The molecule has 4 nitrogen and oxygen atoms in total. The zero-order valence-electron chi connectivity index (χ0n) is 12.6. The van der Waals surface area contributed by atoms with Gasteiger partial charge in [0, 0.05) is 5.75 Å². The number of hydrogen-bond acceptors (Lipinski definition) is 5. The minimum Gasteiger partial charge on any atom is -0.493 e. The van der Waals surface area contributed by atoms with Gasteiger partial charge in [-0.1, -0.05) is 0 Å². The van der Waals surface area contributed by atoms with Crippen LogP contribution in [-0.4, -0.2) is 37.8 Å². The van der Waals surface area contributed by atoms with E-state index in [0.717, 1.165) is 18.6 Å². The normalized spacial score (nSPS) is 15.0. The van der Waals surface area contributed by atoms with E-state index in [1.165, 1.54) is 12.8 Å². The van der Waals surface area contributed by atoms with E-state index in [1.54, 1.807) is 37.1 Å². The van der Waals surface area contributed by atoms with Crippen molar-refractivity contribution >= 4 is 17.7 Å². The van der Waals surface area contributed by atoms with Gasteiger partial charge in [0.2, 0.25) is 0 Å². The van der Waals surface area contributed by atoms with Gasteiger partial charge in [0.1, 0.15) is 6.61 Å². The van der Waals surface area contributed by atoms with Crippen LogP contribution < -0.4 is 9.47 Å². The summed E-state index contributed by atoms with van der Waals surface area (Å²) in [4.78, 5) is 11.9. The van der Waals surface area contributed by atoms with Crippen LogP contribution in [-0.2, 0) is 4.74 Å². The average molecular weight is 310 g/mol. The molecule has 1 aliphatic carbocycles. The summed E-state index contributed by atoms with van der Waals surface area (Å²) in [6, 6.07) is 5.21. The van der Waals surface area contributed by atoms with Crippen molar-refractivity contribution < 1.29 is 19.0 Å². The first-order valence-electron chi connectivity index (χ1n) is 7.25. The highest BCUT2D eigenvalue weighted by molar-refractivity contribution is 7.98. The number of hydrogen-bond donors (Lipinski definition) is 0. The molecule has 0 saturated heterocycles. The monoisotopic (exact) mass is 310 g/mol. The third-order valence-electron chi connectivity index (χ3n) is 3.52. The molecule has 0 aromatic heterocycles. The number of ether oxygens (including phenoxy) is 3. The SMILES string of the molecule is COc1cc(C(=O)OCCSC)ccc1OC1CCCC1. The Hall–Kier alpha value is -1.36. The molecular weight excluding hydrogens is 288 g/mol. The maximum Gasteiger partial charge on any atom is 0.338 e. The highest BCUT2D eigenvalue weighted by atomic mass is 32.2. The molecule has 0 heterocycles. The molecule has 116 valence electrons. The lowest BCUT2D eigenvalue weighted by Gasteiger charge is -2.16. The van der Waals surface area contributed by atoms with Gasteiger partial charge in [0.05, 0.1) is 18.8 Å². The zero-order valence-corrected chi connectivity index (χ0v) is 13.4.